The van der Waals surface area contributed by atoms with E-state index in [-0.39, 0.29) is 6.10 Å². The van der Waals surface area contributed by atoms with Crippen molar-refractivity contribution >= 4 is 0 Å². The molecule has 1 atom stereocenters. The predicted octanol–water partition coefficient (Wildman–Crippen LogP) is 0.783. The van der Waals surface area contributed by atoms with Gasteiger partial charge in [0.15, 0.2) is 0 Å². The SMILES string of the molecule is Cn1ccc(-c2noc(CC(O)C3CC3)n2)n1. The van der Waals surface area contributed by atoms with Crippen LogP contribution in [0.3, 0.4) is 0 Å². The van der Waals surface area contributed by atoms with Gasteiger partial charge in [0.2, 0.25) is 11.7 Å². The first-order valence-electron chi connectivity index (χ1n) is 5.73. The summed E-state index contributed by atoms with van der Waals surface area (Å²) < 4.78 is 6.79. The molecule has 1 aliphatic rings. The number of aryl methyl sites for hydroxylation is 1. The molecule has 0 radical (unpaired) electrons. The van der Waals surface area contributed by atoms with Crippen molar-refractivity contribution in [2.45, 2.75) is 25.4 Å². The maximum absolute atomic E-state index is 9.78. The van der Waals surface area contributed by atoms with Gasteiger partial charge in [-0.2, -0.15) is 10.1 Å². The molecule has 6 heteroatoms. The molecule has 1 N–H and O–H groups in total. The number of nitrogens with zero attached hydrogens (tertiary/aromatic N) is 4. The van der Waals surface area contributed by atoms with Crippen molar-refractivity contribution in [3.63, 3.8) is 0 Å². The fourth-order valence-electron chi connectivity index (χ4n) is 1.80. The lowest BCUT2D eigenvalue weighted by Crippen LogP contribution is -2.12. The molecule has 2 heterocycles. The lowest BCUT2D eigenvalue weighted by Gasteiger charge is -2.03. The molecular formula is C11H14N4O2. The molecule has 0 aromatic carbocycles. The first-order valence-corrected chi connectivity index (χ1v) is 5.73. The Kier molecular flexibility index (Phi) is 2.44. The Morgan fingerprint density at radius 1 is 1.59 bits per heavy atom. The van der Waals surface area contributed by atoms with Crippen LogP contribution in [0.5, 0.6) is 0 Å². The molecular weight excluding hydrogens is 220 g/mol. The Morgan fingerprint density at radius 3 is 3.06 bits per heavy atom. The lowest BCUT2D eigenvalue weighted by atomic mass is 10.2. The molecule has 0 amide bonds. The van der Waals surface area contributed by atoms with Gasteiger partial charge in [0.25, 0.3) is 0 Å². The van der Waals surface area contributed by atoms with Crippen molar-refractivity contribution in [2.75, 3.05) is 0 Å². The van der Waals surface area contributed by atoms with E-state index in [0.29, 0.717) is 29.7 Å². The molecule has 0 spiro atoms. The Hall–Kier alpha value is -1.69. The highest BCUT2D eigenvalue weighted by molar-refractivity contribution is 5.46. The van der Waals surface area contributed by atoms with Gasteiger partial charge >= 0.3 is 0 Å². The molecule has 1 fully saturated rings. The van der Waals surface area contributed by atoms with Crippen molar-refractivity contribution in [1.29, 1.82) is 0 Å². The summed E-state index contributed by atoms with van der Waals surface area (Å²) in [6.07, 6.45) is 4.10. The molecule has 2 aromatic rings. The van der Waals surface area contributed by atoms with E-state index in [4.69, 9.17) is 4.52 Å². The summed E-state index contributed by atoms with van der Waals surface area (Å²) in [4.78, 5) is 4.23. The molecule has 0 aliphatic heterocycles. The highest BCUT2D eigenvalue weighted by atomic mass is 16.5. The standard InChI is InChI=1S/C11H14N4O2/c1-15-5-4-8(13-15)11-12-10(17-14-11)6-9(16)7-2-3-7/h4-5,7,9,16H,2-3,6H2,1H3. The quantitative estimate of drug-likeness (QED) is 0.846. The fraction of sp³-hybridized carbons (Fsp3) is 0.545. The van der Waals surface area contributed by atoms with Gasteiger partial charge in [-0.1, -0.05) is 5.16 Å². The minimum Gasteiger partial charge on any atom is -0.392 e. The number of aromatic nitrogens is 4. The summed E-state index contributed by atoms with van der Waals surface area (Å²) in [5.41, 5.74) is 0.684. The van der Waals surface area contributed by atoms with E-state index in [1.54, 1.807) is 4.68 Å². The highest BCUT2D eigenvalue weighted by Crippen LogP contribution is 2.33. The lowest BCUT2D eigenvalue weighted by molar-refractivity contribution is 0.140. The topological polar surface area (TPSA) is 77.0 Å². The summed E-state index contributed by atoms with van der Waals surface area (Å²) in [7, 11) is 1.83. The molecule has 2 aromatic heterocycles. The second kappa shape index (κ2) is 3.96. The highest BCUT2D eigenvalue weighted by Gasteiger charge is 2.31. The van der Waals surface area contributed by atoms with Crippen LogP contribution in [0.25, 0.3) is 11.5 Å². The Labute approximate surface area is 98.3 Å². The molecule has 1 aliphatic carbocycles. The van der Waals surface area contributed by atoms with E-state index in [9.17, 15) is 5.11 Å². The van der Waals surface area contributed by atoms with Gasteiger partial charge in [0, 0.05) is 13.2 Å². The largest absolute Gasteiger partial charge is 0.392 e. The summed E-state index contributed by atoms with van der Waals surface area (Å²) in [6, 6.07) is 1.83. The average Bonchev–Trinajstić information content (AvgIpc) is 2.92. The van der Waals surface area contributed by atoms with Crippen molar-refractivity contribution in [1.82, 2.24) is 19.9 Å². The maximum Gasteiger partial charge on any atom is 0.229 e. The smallest absolute Gasteiger partial charge is 0.229 e. The third-order valence-electron chi connectivity index (χ3n) is 2.96. The van der Waals surface area contributed by atoms with Crippen LogP contribution >= 0.6 is 0 Å². The zero-order valence-corrected chi connectivity index (χ0v) is 9.58. The van der Waals surface area contributed by atoms with Gasteiger partial charge in [-0.15, -0.1) is 0 Å². The first-order chi connectivity index (χ1) is 8.22. The number of aliphatic hydroxyl groups excluding tert-OH is 1. The molecule has 0 bridgehead atoms. The van der Waals surface area contributed by atoms with Crippen LogP contribution in [-0.2, 0) is 13.5 Å². The van der Waals surface area contributed by atoms with Crippen LogP contribution in [0, 0.1) is 5.92 Å². The minimum absolute atomic E-state index is 0.355. The second-order valence-electron chi connectivity index (χ2n) is 4.50. The van der Waals surface area contributed by atoms with Crippen LogP contribution in [0.1, 0.15) is 18.7 Å². The zero-order chi connectivity index (χ0) is 11.8. The van der Waals surface area contributed by atoms with Crippen molar-refractivity contribution < 1.29 is 9.63 Å². The Morgan fingerprint density at radius 2 is 2.41 bits per heavy atom. The zero-order valence-electron chi connectivity index (χ0n) is 9.58. The molecule has 1 unspecified atom stereocenters. The molecule has 3 rings (SSSR count). The summed E-state index contributed by atoms with van der Waals surface area (Å²) in [6.45, 7) is 0. The van der Waals surface area contributed by atoms with E-state index >= 15 is 0 Å². The fourth-order valence-corrected chi connectivity index (χ4v) is 1.80. The molecule has 0 saturated heterocycles. The van der Waals surface area contributed by atoms with Gasteiger partial charge in [0.1, 0.15) is 5.69 Å². The molecule has 1 saturated carbocycles. The van der Waals surface area contributed by atoms with Gasteiger partial charge in [0.05, 0.1) is 12.5 Å². The van der Waals surface area contributed by atoms with E-state index in [1.807, 2.05) is 19.3 Å². The monoisotopic (exact) mass is 234 g/mol. The van der Waals surface area contributed by atoms with E-state index in [0.717, 1.165) is 12.8 Å². The van der Waals surface area contributed by atoms with Crippen LogP contribution < -0.4 is 0 Å². The predicted molar refractivity (Wildman–Crippen MR) is 58.9 cm³/mol. The molecule has 17 heavy (non-hydrogen) atoms. The maximum atomic E-state index is 9.78. The van der Waals surface area contributed by atoms with Crippen LogP contribution in [0.15, 0.2) is 16.8 Å². The van der Waals surface area contributed by atoms with E-state index in [2.05, 4.69) is 15.2 Å². The van der Waals surface area contributed by atoms with Crippen molar-refractivity contribution in [3.05, 3.63) is 18.2 Å². The van der Waals surface area contributed by atoms with E-state index in [1.165, 1.54) is 0 Å². The number of hydrogen-bond acceptors (Lipinski definition) is 5. The van der Waals surface area contributed by atoms with Crippen LogP contribution in [0.2, 0.25) is 0 Å². The normalized spacial score (nSPS) is 17.3. The second-order valence-corrected chi connectivity index (χ2v) is 4.50. The van der Waals surface area contributed by atoms with Crippen molar-refractivity contribution in [2.24, 2.45) is 13.0 Å². The number of aliphatic hydroxyl groups is 1. The molecule has 6 nitrogen and oxygen atoms in total. The van der Waals surface area contributed by atoms with Gasteiger partial charge in [-0.05, 0) is 24.8 Å². The summed E-state index contributed by atoms with van der Waals surface area (Å²) >= 11 is 0. The van der Waals surface area contributed by atoms with Gasteiger partial charge in [-0.25, -0.2) is 0 Å². The van der Waals surface area contributed by atoms with Crippen LogP contribution in [-0.4, -0.2) is 31.1 Å². The first kappa shape index (κ1) is 10.5. The van der Waals surface area contributed by atoms with Crippen molar-refractivity contribution in [3.8, 4) is 11.5 Å². The van der Waals surface area contributed by atoms with Crippen LogP contribution in [0.4, 0.5) is 0 Å². The minimum atomic E-state index is -0.355. The third-order valence-corrected chi connectivity index (χ3v) is 2.96. The third kappa shape index (κ3) is 2.21. The summed E-state index contributed by atoms with van der Waals surface area (Å²) in [5.74, 6) is 1.37. The Balaban J connectivity index is 1.73. The average molecular weight is 234 g/mol. The Bertz CT molecular complexity index is 515. The van der Waals surface area contributed by atoms with Gasteiger partial charge in [-0.3, -0.25) is 4.68 Å². The summed E-state index contributed by atoms with van der Waals surface area (Å²) in [5, 5.41) is 17.8. The number of hydrogen-bond donors (Lipinski definition) is 1. The van der Waals surface area contributed by atoms with E-state index < -0.39 is 0 Å². The van der Waals surface area contributed by atoms with Gasteiger partial charge < -0.3 is 9.63 Å². The number of rotatable bonds is 4. The molecule has 90 valence electrons.